The minimum atomic E-state index is -2.02. The molecule has 0 aliphatic carbocycles. The molecular weight excluding hydrogens is 492 g/mol. The summed E-state index contributed by atoms with van der Waals surface area (Å²) in [5.74, 6) is -1.37. The van der Waals surface area contributed by atoms with Crippen LogP contribution >= 0.6 is 0 Å². The molecule has 1 aliphatic rings. The van der Waals surface area contributed by atoms with E-state index in [0.29, 0.717) is 6.61 Å². The van der Waals surface area contributed by atoms with E-state index >= 15 is 0 Å². The van der Waals surface area contributed by atoms with Crippen LogP contribution in [-0.4, -0.2) is 38.2 Å². The van der Waals surface area contributed by atoms with Crippen LogP contribution in [0.1, 0.15) is 49.9 Å². The standard InChI is InChI=1S/C31H34N2O4Si/c1-21-26(20-37-38(24-12-8-6-9-13-24)25-14-10-7-11-15-25)23(16-17-27(21)31(3,4)5)18-28-30(36)33(22(2)34)19-29(35)32-28/h6-18,38H,19-20H2,1-5H3,(H,32,35). The Morgan fingerprint density at radius 2 is 1.55 bits per heavy atom. The lowest BCUT2D eigenvalue weighted by Crippen LogP contribution is -2.51. The molecule has 3 aromatic carbocycles. The van der Waals surface area contributed by atoms with Gasteiger partial charge in [0.15, 0.2) is 0 Å². The second-order valence-electron chi connectivity index (χ2n) is 10.6. The van der Waals surface area contributed by atoms with Crippen LogP contribution in [0, 0.1) is 6.92 Å². The first-order valence-corrected chi connectivity index (χ1v) is 14.4. The van der Waals surface area contributed by atoms with Crippen molar-refractivity contribution >= 4 is 43.2 Å². The molecule has 0 saturated carbocycles. The van der Waals surface area contributed by atoms with E-state index in [0.717, 1.165) is 21.6 Å². The number of hydrogen-bond acceptors (Lipinski definition) is 4. The Morgan fingerprint density at radius 1 is 0.974 bits per heavy atom. The van der Waals surface area contributed by atoms with Gasteiger partial charge >= 0.3 is 0 Å². The van der Waals surface area contributed by atoms with Crippen LogP contribution in [0.5, 0.6) is 0 Å². The Labute approximate surface area is 226 Å². The van der Waals surface area contributed by atoms with E-state index in [1.807, 2.05) is 42.5 Å². The van der Waals surface area contributed by atoms with Crippen LogP contribution in [0.4, 0.5) is 0 Å². The van der Waals surface area contributed by atoms with Gasteiger partial charge in [-0.05, 0) is 51.0 Å². The first-order chi connectivity index (χ1) is 18.1. The molecule has 4 rings (SSSR count). The van der Waals surface area contributed by atoms with Crippen LogP contribution in [0.2, 0.25) is 0 Å². The summed E-state index contributed by atoms with van der Waals surface area (Å²) in [6.07, 6.45) is 1.66. The lowest BCUT2D eigenvalue weighted by molar-refractivity contribution is -0.147. The Morgan fingerprint density at radius 3 is 2.08 bits per heavy atom. The van der Waals surface area contributed by atoms with Gasteiger partial charge in [-0.3, -0.25) is 19.3 Å². The molecule has 6 nitrogen and oxygen atoms in total. The molecule has 1 N–H and O–H groups in total. The third-order valence-electron chi connectivity index (χ3n) is 6.77. The maximum absolute atomic E-state index is 13.0. The number of carbonyl (C=O) groups excluding carboxylic acids is 3. The van der Waals surface area contributed by atoms with Crippen molar-refractivity contribution in [2.45, 2.75) is 46.6 Å². The number of hydrogen-bond donors (Lipinski definition) is 1. The van der Waals surface area contributed by atoms with Crippen LogP contribution in [0.3, 0.4) is 0 Å². The third-order valence-corrected chi connectivity index (χ3v) is 9.25. The number of carbonyl (C=O) groups is 3. The van der Waals surface area contributed by atoms with E-state index < -0.39 is 26.8 Å². The van der Waals surface area contributed by atoms with Crippen molar-refractivity contribution in [3.05, 3.63) is 101 Å². The maximum atomic E-state index is 13.0. The van der Waals surface area contributed by atoms with E-state index in [9.17, 15) is 14.4 Å². The zero-order chi connectivity index (χ0) is 27.4. The molecular formula is C31H34N2O4Si. The number of nitrogens with one attached hydrogen (secondary N) is 1. The minimum absolute atomic E-state index is 0.0838. The van der Waals surface area contributed by atoms with E-state index in [2.05, 4.69) is 63.3 Å². The summed E-state index contributed by atoms with van der Waals surface area (Å²) in [5.41, 5.74) is 3.98. The fourth-order valence-electron chi connectivity index (χ4n) is 4.84. The molecule has 0 atom stereocenters. The molecule has 3 amide bonds. The average Bonchev–Trinajstić information content (AvgIpc) is 2.88. The van der Waals surface area contributed by atoms with E-state index in [1.54, 1.807) is 6.08 Å². The highest BCUT2D eigenvalue weighted by molar-refractivity contribution is 6.80. The highest BCUT2D eigenvalue weighted by atomic mass is 28.3. The Hall–Kier alpha value is -3.81. The predicted octanol–water partition coefficient (Wildman–Crippen LogP) is 3.19. The van der Waals surface area contributed by atoms with Crippen LogP contribution < -0.4 is 15.7 Å². The molecule has 0 aromatic heterocycles. The summed E-state index contributed by atoms with van der Waals surface area (Å²) < 4.78 is 6.76. The van der Waals surface area contributed by atoms with Gasteiger partial charge in [0.1, 0.15) is 12.2 Å². The fraction of sp³-hybridized carbons (Fsp3) is 0.258. The average molecular weight is 527 g/mol. The number of benzene rings is 3. The minimum Gasteiger partial charge on any atom is -0.407 e. The molecule has 1 heterocycles. The van der Waals surface area contributed by atoms with Gasteiger partial charge in [0.05, 0.1) is 6.61 Å². The van der Waals surface area contributed by atoms with Crippen molar-refractivity contribution in [3.63, 3.8) is 0 Å². The van der Waals surface area contributed by atoms with Gasteiger partial charge in [0.2, 0.25) is 20.9 Å². The summed E-state index contributed by atoms with van der Waals surface area (Å²) in [6, 6.07) is 24.6. The smallest absolute Gasteiger partial charge is 0.277 e. The summed E-state index contributed by atoms with van der Waals surface area (Å²) in [7, 11) is -2.02. The second kappa shape index (κ2) is 11.3. The number of rotatable bonds is 6. The fourth-order valence-corrected chi connectivity index (χ4v) is 7.08. The quantitative estimate of drug-likeness (QED) is 0.396. The zero-order valence-electron chi connectivity index (χ0n) is 22.6. The van der Waals surface area contributed by atoms with Gasteiger partial charge in [-0.1, -0.05) is 93.6 Å². The van der Waals surface area contributed by atoms with Gasteiger partial charge in [-0.25, -0.2) is 0 Å². The Bertz CT molecular complexity index is 1340. The molecule has 38 heavy (non-hydrogen) atoms. The topological polar surface area (TPSA) is 75.7 Å². The number of piperazine rings is 1. The van der Waals surface area contributed by atoms with Gasteiger partial charge in [-0.15, -0.1) is 0 Å². The molecule has 1 fully saturated rings. The van der Waals surface area contributed by atoms with Crippen molar-refractivity contribution in [3.8, 4) is 0 Å². The number of imide groups is 1. The van der Waals surface area contributed by atoms with Crippen LogP contribution in [-0.2, 0) is 30.8 Å². The van der Waals surface area contributed by atoms with Gasteiger partial charge < -0.3 is 9.74 Å². The van der Waals surface area contributed by atoms with Crippen LogP contribution in [0.15, 0.2) is 78.5 Å². The summed E-state index contributed by atoms with van der Waals surface area (Å²) >= 11 is 0. The highest BCUT2D eigenvalue weighted by Gasteiger charge is 2.31. The summed E-state index contributed by atoms with van der Waals surface area (Å²) in [4.78, 5) is 38.2. The summed E-state index contributed by atoms with van der Waals surface area (Å²) in [5, 5.41) is 5.01. The molecule has 0 radical (unpaired) electrons. The Balaban J connectivity index is 1.77. The molecule has 7 heteroatoms. The monoisotopic (exact) mass is 526 g/mol. The van der Waals surface area contributed by atoms with Crippen LogP contribution in [0.25, 0.3) is 6.08 Å². The van der Waals surface area contributed by atoms with Crippen molar-refractivity contribution in [2.24, 2.45) is 0 Å². The third kappa shape index (κ3) is 6.01. The number of nitrogens with zero attached hydrogens (tertiary/aromatic N) is 1. The second-order valence-corrected chi connectivity index (χ2v) is 13.0. The van der Waals surface area contributed by atoms with Gasteiger partial charge in [0, 0.05) is 6.92 Å². The first kappa shape index (κ1) is 27.2. The Kier molecular flexibility index (Phi) is 8.09. The van der Waals surface area contributed by atoms with Gasteiger partial charge in [-0.2, -0.15) is 0 Å². The lowest BCUT2D eigenvalue weighted by atomic mass is 9.81. The molecule has 0 spiro atoms. The maximum Gasteiger partial charge on any atom is 0.277 e. The highest BCUT2D eigenvalue weighted by Crippen LogP contribution is 2.31. The molecule has 0 unspecified atom stereocenters. The molecule has 3 aromatic rings. The van der Waals surface area contributed by atoms with Crippen molar-refractivity contribution < 1.29 is 18.8 Å². The van der Waals surface area contributed by atoms with Crippen molar-refractivity contribution in [1.82, 2.24) is 10.2 Å². The van der Waals surface area contributed by atoms with Crippen molar-refractivity contribution in [2.75, 3.05) is 6.54 Å². The summed E-state index contributed by atoms with van der Waals surface area (Å²) in [6.45, 7) is 9.93. The lowest BCUT2D eigenvalue weighted by Gasteiger charge is -2.27. The van der Waals surface area contributed by atoms with Gasteiger partial charge in [0.25, 0.3) is 5.91 Å². The van der Waals surface area contributed by atoms with E-state index in [1.165, 1.54) is 22.9 Å². The molecule has 1 saturated heterocycles. The normalized spacial score (nSPS) is 15.2. The van der Waals surface area contributed by atoms with E-state index in [4.69, 9.17) is 4.43 Å². The van der Waals surface area contributed by atoms with Crippen molar-refractivity contribution in [1.29, 1.82) is 0 Å². The largest absolute Gasteiger partial charge is 0.407 e. The SMILES string of the molecule is CC(=O)N1CC(=O)NC(=Cc2ccc(C(C)(C)C)c(C)c2CO[SiH](c2ccccc2)c2ccccc2)C1=O. The first-order valence-electron chi connectivity index (χ1n) is 12.7. The molecule has 196 valence electrons. The zero-order valence-corrected chi connectivity index (χ0v) is 23.7. The number of amides is 3. The molecule has 1 aliphatic heterocycles. The predicted molar refractivity (Wildman–Crippen MR) is 152 cm³/mol. The van der Waals surface area contributed by atoms with E-state index in [-0.39, 0.29) is 17.7 Å². The molecule has 0 bridgehead atoms.